The molecular formula is C18H29ClN2O2. The number of likely N-dealkylation sites (N-methyl/N-ethyl adjacent to an activating group) is 1. The number of carbonyl (C=O) groups is 1. The standard InChI is InChI=1S/C16H23ClN2O2.C2H6/c1-3-19(7-6-18-8-10-21-11-9-18)16(20)14-4-5-15(17)13(2)12-14;1-2/h4-5,12H,3,6-11H2,1-2H3;1-2H3. The number of hydrogen-bond acceptors (Lipinski definition) is 3. The highest BCUT2D eigenvalue weighted by Crippen LogP contribution is 2.17. The molecule has 1 aromatic rings. The van der Waals surface area contributed by atoms with Crippen molar-refractivity contribution in [1.29, 1.82) is 0 Å². The summed E-state index contributed by atoms with van der Waals surface area (Å²) in [5.41, 5.74) is 1.65. The van der Waals surface area contributed by atoms with E-state index in [1.807, 2.05) is 38.7 Å². The summed E-state index contributed by atoms with van der Waals surface area (Å²) in [6.07, 6.45) is 0. The smallest absolute Gasteiger partial charge is 0.253 e. The Morgan fingerprint density at radius 3 is 2.52 bits per heavy atom. The van der Waals surface area contributed by atoms with Crippen LogP contribution in [0.1, 0.15) is 36.7 Å². The van der Waals surface area contributed by atoms with Crippen LogP contribution in [0.25, 0.3) is 0 Å². The van der Waals surface area contributed by atoms with Crippen LogP contribution in [-0.2, 0) is 4.74 Å². The van der Waals surface area contributed by atoms with Crippen LogP contribution in [0.4, 0.5) is 0 Å². The Morgan fingerprint density at radius 2 is 1.96 bits per heavy atom. The number of morpholine rings is 1. The van der Waals surface area contributed by atoms with Crippen LogP contribution >= 0.6 is 11.6 Å². The largest absolute Gasteiger partial charge is 0.379 e. The van der Waals surface area contributed by atoms with Gasteiger partial charge in [-0.05, 0) is 37.6 Å². The number of amides is 1. The number of aryl methyl sites for hydroxylation is 1. The SMILES string of the molecule is CC.CCN(CCN1CCOCC1)C(=O)c1ccc(Cl)c(C)c1. The van der Waals surface area contributed by atoms with Crippen molar-refractivity contribution in [3.63, 3.8) is 0 Å². The Hall–Kier alpha value is -1.10. The molecule has 1 aliphatic heterocycles. The molecule has 0 spiro atoms. The normalized spacial score (nSPS) is 14.8. The molecule has 1 aromatic carbocycles. The topological polar surface area (TPSA) is 32.8 Å². The molecule has 4 nitrogen and oxygen atoms in total. The van der Waals surface area contributed by atoms with Gasteiger partial charge in [0.25, 0.3) is 5.91 Å². The molecule has 0 aromatic heterocycles. The summed E-state index contributed by atoms with van der Waals surface area (Å²) >= 11 is 6.02. The van der Waals surface area contributed by atoms with Gasteiger partial charge in [0.15, 0.2) is 0 Å². The fourth-order valence-corrected chi connectivity index (χ4v) is 2.57. The molecule has 5 heteroatoms. The summed E-state index contributed by atoms with van der Waals surface area (Å²) in [4.78, 5) is 16.8. The van der Waals surface area contributed by atoms with Gasteiger partial charge in [0.1, 0.15) is 0 Å². The summed E-state index contributed by atoms with van der Waals surface area (Å²) in [5, 5.41) is 0.697. The molecule has 1 saturated heterocycles. The van der Waals surface area contributed by atoms with E-state index in [0.29, 0.717) is 17.1 Å². The first-order chi connectivity index (χ1) is 11.1. The average molecular weight is 341 g/mol. The van der Waals surface area contributed by atoms with E-state index in [1.54, 1.807) is 12.1 Å². The highest BCUT2D eigenvalue weighted by Gasteiger charge is 2.17. The molecular weight excluding hydrogens is 312 g/mol. The number of nitrogens with zero attached hydrogens (tertiary/aromatic N) is 2. The third-order valence-corrected chi connectivity index (χ3v) is 4.29. The molecule has 130 valence electrons. The minimum Gasteiger partial charge on any atom is -0.379 e. The van der Waals surface area contributed by atoms with Crippen molar-refractivity contribution in [3.8, 4) is 0 Å². The molecule has 0 unspecified atom stereocenters. The van der Waals surface area contributed by atoms with E-state index < -0.39 is 0 Å². The third kappa shape index (κ3) is 6.13. The Labute approximate surface area is 145 Å². The number of benzene rings is 1. The van der Waals surface area contributed by atoms with Crippen molar-refractivity contribution in [2.24, 2.45) is 0 Å². The number of carbonyl (C=O) groups excluding carboxylic acids is 1. The zero-order valence-corrected chi connectivity index (χ0v) is 15.5. The lowest BCUT2D eigenvalue weighted by molar-refractivity contribution is 0.0328. The molecule has 0 atom stereocenters. The van der Waals surface area contributed by atoms with Crippen LogP contribution in [0.15, 0.2) is 18.2 Å². The summed E-state index contributed by atoms with van der Waals surface area (Å²) in [7, 11) is 0. The van der Waals surface area contributed by atoms with Crippen molar-refractivity contribution < 1.29 is 9.53 Å². The van der Waals surface area contributed by atoms with Crippen molar-refractivity contribution in [2.75, 3.05) is 45.9 Å². The van der Waals surface area contributed by atoms with E-state index in [-0.39, 0.29) is 5.91 Å². The third-order valence-electron chi connectivity index (χ3n) is 3.86. The van der Waals surface area contributed by atoms with E-state index >= 15 is 0 Å². The minimum absolute atomic E-state index is 0.0746. The van der Waals surface area contributed by atoms with Gasteiger partial charge in [0, 0.05) is 43.3 Å². The average Bonchev–Trinajstić information content (AvgIpc) is 2.60. The summed E-state index contributed by atoms with van der Waals surface area (Å²) in [6, 6.07) is 5.46. The van der Waals surface area contributed by atoms with Crippen molar-refractivity contribution in [3.05, 3.63) is 34.3 Å². The number of halogens is 1. The van der Waals surface area contributed by atoms with E-state index in [0.717, 1.165) is 45.0 Å². The maximum absolute atomic E-state index is 12.6. The van der Waals surface area contributed by atoms with Crippen LogP contribution in [0.5, 0.6) is 0 Å². The first kappa shape index (κ1) is 19.9. The van der Waals surface area contributed by atoms with Gasteiger partial charge in [-0.2, -0.15) is 0 Å². The summed E-state index contributed by atoms with van der Waals surface area (Å²) < 4.78 is 5.34. The first-order valence-corrected chi connectivity index (χ1v) is 8.85. The number of rotatable bonds is 5. The second kappa shape index (κ2) is 10.6. The van der Waals surface area contributed by atoms with E-state index in [9.17, 15) is 4.79 Å². The second-order valence-electron chi connectivity index (χ2n) is 5.30. The molecule has 1 aliphatic rings. The molecule has 0 saturated carbocycles. The van der Waals surface area contributed by atoms with E-state index in [4.69, 9.17) is 16.3 Å². The summed E-state index contributed by atoms with van der Waals surface area (Å²) in [5.74, 6) is 0.0746. The number of ether oxygens (including phenoxy) is 1. The number of hydrogen-bond donors (Lipinski definition) is 0. The Kier molecular flexibility index (Phi) is 9.22. The summed E-state index contributed by atoms with van der Waals surface area (Å²) in [6.45, 7) is 13.8. The van der Waals surface area contributed by atoms with Crippen LogP contribution in [0.3, 0.4) is 0 Å². The maximum atomic E-state index is 12.6. The Bertz CT molecular complexity index is 488. The van der Waals surface area contributed by atoms with Crippen LogP contribution in [0.2, 0.25) is 5.02 Å². The van der Waals surface area contributed by atoms with Gasteiger partial charge < -0.3 is 9.64 Å². The molecule has 23 heavy (non-hydrogen) atoms. The zero-order valence-electron chi connectivity index (χ0n) is 14.8. The van der Waals surface area contributed by atoms with Gasteiger partial charge in [0.2, 0.25) is 0 Å². The molecule has 2 rings (SSSR count). The fraction of sp³-hybridized carbons (Fsp3) is 0.611. The predicted molar refractivity (Wildman–Crippen MR) is 96.4 cm³/mol. The highest BCUT2D eigenvalue weighted by atomic mass is 35.5. The van der Waals surface area contributed by atoms with Gasteiger partial charge in [-0.25, -0.2) is 0 Å². The van der Waals surface area contributed by atoms with Crippen molar-refractivity contribution >= 4 is 17.5 Å². The van der Waals surface area contributed by atoms with E-state index in [2.05, 4.69) is 4.90 Å². The van der Waals surface area contributed by atoms with E-state index in [1.165, 1.54) is 0 Å². The molecule has 0 N–H and O–H groups in total. The molecule has 0 radical (unpaired) electrons. The Morgan fingerprint density at radius 1 is 1.30 bits per heavy atom. The van der Waals surface area contributed by atoms with Gasteiger partial charge in [0.05, 0.1) is 13.2 Å². The predicted octanol–water partition coefficient (Wildman–Crippen LogP) is 3.47. The van der Waals surface area contributed by atoms with Gasteiger partial charge in [-0.15, -0.1) is 0 Å². The highest BCUT2D eigenvalue weighted by molar-refractivity contribution is 6.31. The van der Waals surface area contributed by atoms with Gasteiger partial charge in [-0.1, -0.05) is 25.4 Å². The van der Waals surface area contributed by atoms with Crippen molar-refractivity contribution in [2.45, 2.75) is 27.7 Å². The minimum atomic E-state index is 0.0746. The lowest BCUT2D eigenvalue weighted by Crippen LogP contribution is -2.43. The molecule has 1 heterocycles. The first-order valence-electron chi connectivity index (χ1n) is 8.47. The maximum Gasteiger partial charge on any atom is 0.253 e. The second-order valence-corrected chi connectivity index (χ2v) is 5.71. The molecule has 1 fully saturated rings. The van der Waals surface area contributed by atoms with Crippen molar-refractivity contribution in [1.82, 2.24) is 9.80 Å². The monoisotopic (exact) mass is 340 g/mol. The van der Waals surface area contributed by atoms with Crippen LogP contribution in [-0.4, -0.2) is 61.6 Å². The molecule has 1 amide bonds. The van der Waals surface area contributed by atoms with Crippen LogP contribution in [0, 0.1) is 6.92 Å². The fourth-order valence-electron chi connectivity index (χ4n) is 2.45. The Balaban J connectivity index is 0.00000127. The van der Waals surface area contributed by atoms with Crippen LogP contribution < -0.4 is 0 Å². The molecule has 0 aliphatic carbocycles. The van der Waals surface area contributed by atoms with Gasteiger partial charge >= 0.3 is 0 Å². The quantitative estimate of drug-likeness (QED) is 0.822. The van der Waals surface area contributed by atoms with Gasteiger partial charge in [-0.3, -0.25) is 9.69 Å². The lowest BCUT2D eigenvalue weighted by atomic mass is 10.1. The lowest BCUT2D eigenvalue weighted by Gasteiger charge is -2.29. The zero-order chi connectivity index (χ0) is 17.2. The molecule has 0 bridgehead atoms.